The van der Waals surface area contributed by atoms with Crippen molar-refractivity contribution in [3.8, 4) is 0 Å². The Labute approximate surface area is 150 Å². The second kappa shape index (κ2) is 7.31. The molecule has 1 aromatic heterocycles. The van der Waals surface area contributed by atoms with E-state index in [0.717, 1.165) is 29.2 Å². The lowest BCUT2D eigenvalue weighted by Crippen LogP contribution is -2.45. The molecule has 1 amide bonds. The number of rotatable bonds is 4. The maximum atomic E-state index is 12.2. The Morgan fingerprint density at radius 1 is 1.24 bits per heavy atom. The minimum atomic E-state index is -0.420. The summed E-state index contributed by atoms with van der Waals surface area (Å²) in [5.41, 5.74) is 3.01. The topological polar surface area (TPSA) is 63.2 Å². The molecule has 1 saturated heterocycles. The van der Waals surface area contributed by atoms with Crippen molar-refractivity contribution >= 4 is 33.1 Å². The molecule has 6 heteroatoms. The molecule has 0 radical (unpaired) electrons. The van der Waals surface area contributed by atoms with E-state index in [2.05, 4.69) is 21.7 Å². The average Bonchev–Trinajstić information content (AvgIpc) is 3.06. The van der Waals surface area contributed by atoms with E-state index in [1.54, 1.807) is 11.3 Å². The molecule has 1 aliphatic rings. The number of nitrogens with one attached hydrogen (secondary N) is 2. The third-order valence-electron chi connectivity index (χ3n) is 4.14. The van der Waals surface area contributed by atoms with Gasteiger partial charge in [0.05, 0.1) is 21.8 Å². The van der Waals surface area contributed by atoms with E-state index in [1.807, 2.05) is 42.5 Å². The largest absolute Gasteiger partial charge is 0.366 e. The van der Waals surface area contributed by atoms with Gasteiger partial charge in [-0.15, -0.1) is 11.3 Å². The molecule has 25 heavy (non-hydrogen) atoms. The second-order valence-corrected chi connectivity index (χ2v) is 7.12. The maximum Gasteiger partial charge on any atom is 0.254 e. The highest BCUT2D eigenvalue weighted by atomic mass is 32.1. The minimum absolute atomic E-state index is 0.105. The number of nitrogens with zero attached hydrogens (tertiary/aromatic N) is 1. The first-order valence-corrected chi connectivity index (χ1v) is 9.16. The molecule has 0 aliphatic carbocycles. The molecule has 0 bridgehead atoms. The molecule has 128 valence electrons. The number of carbonyl (C=O) groups excluding carboxylic acids is 1. The van der Waals surface area contributed by atoms with Gasteiger partial charge in [0.1, 0.15) is 6.10 Å². The van der Waals surface area contributed by atoms with Crippen LogP contribution in [0, 0.1) is 0 Å². The lowest BCUT2D eigenvalue weighted by molar-refractivity contribution is -0.128. The number of carbonyl (C=O) groups is 1. The van der Waals surface area contributed by atoms with Gasteiger partial charge in [-0.3, -0.25) is 4.79 Å². The van der Waals surface area contributed by atoms with Crippen LogP contribution in [0.4, 0.5) is 5.69 Å². The number of ether oxygens (including phenoxy) is 1. The summed E-state index contributed by atoms with van der Waals surface area (Å²) in [5, 5.41) is 7.16. The van der Waals surface area contributed by atoms with Crippen molar-refractivity contribution < 1.29 is 9.53 Å². The smallest absolute Gasteiger partial charge is 0.254 e. The van der Waals surface area contributed by atoms with Crippen LogP contribution in [0.3, 0.4) is 0 Å². The van der Waals surface area contributed by atoms with Gasteiger partial charge in [0.15, 0.2) is 0 Å². The van der Waals surface area contributed by atoms with Crippen LogP contribution in [0.1, 0.15) is 10.6 Å². The Bertz CT molecular complexity index is 837. The monoisotopic (exact) mass is 353 g/mol. The summed E-state index contributed by atoms with van der Waals surface area (Å²) in [6.45, 7) is 1.92. The van der Waals surface area contributed by atoms with Crippen LogP contribution >= 0.6 is 11.3 Å². The van der Waals surface area contributed by atoms with Crippen molar-refractivity contribution in [1.82, 2.24) is 10.3 Å². The third kappa shape index (κ3) is 3.87. The molecule has 2 heterocycles. The zero-order valence-corrected chi connectivity index (χ0v) is 14.5. The standard InChI is InChI=1S/C19H19N3O2S/c23-19(16-12-20-9-10-24-16)21-14-7-5-13(6-8-14)11-18-22-15-3-1-2-4-17(15)25-18/h1-8,16,20H,9-12H2,(H,21,23). The molecular formula is C19H19N3O2S. The minimum Gasteiger partial charge on any atom is -0.366 e. The number of benzene rings is 2. The van der Waals surface area contributed by atoms with E-state index in [4.69, 9.17) is 4.74 Å². The van der Waals surface area contributed by atoms with Crippen LogP contribution in [-0.2, 0) is 16.0 Å². The Balaban J connectivity index is 1.40. The van der Waals surface area contributed by atoms with Crippen LogP contribution in [0.15, 0.2) is 48.5 Å². The van der Waals surface area contributed by atoms with E-state index in [9.17, 15) is 4.79 Å². The number of aromatic nitrogens is 1. The summed E-state index contributed by atoms with van der Waals surface area (Å²) in [6.07, 6.45) is 0.375. The molecule has 1 unspecified atom stereocenters. The van der Waals surface area contributed by atoms with Gasteiger partial charge in [-0.2, -0.15) is 0 Å². The molecule has 5 nitrogen and oxygen atoms in total. The predicted octanol–water partition coefficient (Wildman–Crippen LogP) is 2.81. The molecule has 0 spiro atoms. The highest BCUT2D eigenvalue weighted by Gasteiger charge is 2.21. The summed E-state index contributed by atoms with van der Waals surface area (Å²) in [7, 11) is 0. The van der Waals surface area contributed by atoms with Gasteiger partial charge in [0, 0.05) is 25.2 Å². The SMILES string of the molecule is O=C(Nc1ccc(Cc2nc3ccccc3s2)cc1)C1CNCCO1. The summed E-state index contributed by atoms with van der Waals surface area (Å²) in [5.74, 6) is -0.105. The van der Waals surface area contributed by atoms with E-state index in [1.165, 1.54) is 10.3 Å². The Morgan fingerprint density at radius 2 is 2.08 bits per heavy atom. The van der Waals surface area contributed by atoms with Gasteiger partial charge < -0.3 is 15.4 Å². The number of hydrogen-bond donors (Lipinski definition) is 2. The van der Waals surface area contributed by atoms with E-state index >= 15 is 0 Å². The van der Waals surface area contributed by atoms with Crippen LogP contribution in [0.25, 0.3) is 10.2 Å². The van der Waals surface area contributed by atoms with Crippen molar-refractivity contribution in [3.05, 3.63) is 59.1 Å². The Hall–Kier alpha value is -2.28. The molecule has 4 rings (SSSR count). The first kappa shape index (κ1) is 16.2. The number of anilines is 1. The summed E-state index contributed by atoms with van der Waals surface area (Å²) < 4.78 is 6.67. The molecule has 0 saturated carbocycles. The maximum absolute atomic E-state index is 12.2. The van der Waals surface area contributed by atoms with Crippen LogP contribution < -0.4 is 10.6 Å². The van der Waals surface area contributed by atoms with E-state index in [0.29, 0.717) is 13.2 Å². The van der Waals surface area contributed by atoms with Crippen molar-refractivity contribution in [2.24, 2.45) is 0 Å². The average molecular weight is 353 g/mol. The number of thiazole rings is 1. The molecule has 2 aromatic carbocycles. The van der Waals surface area contributed by atoms with E-state index < -0.39 is 6.10 Å². The first-order chi connectivity index (χ1) is 12.3. The summed E-state index contributed by atoms with van der Waals surface area (Å²) in [6, 6.07) is 16.1. The molecule has 1 fully saturated rings. The Kier molecular flexibility index (Phi) is 4.74. The van der Waals surface area contributed by atoms with Crippen molar-refractivity contribution in [2.45, 2.75) is 12.5 Å². The van der Waals surface area contributed by atoms with Gasteiger partial charge in [0.25, 0.3) is 5.91 Å². The number of morpholine rings is 1. The Morgan fingerprint density at radius 3 is 2.84 bits per heavy atom. The third-order valence-corrected chi connectivity index (χ3v) is 5.17. The van der Waals surface area contributed by atoms with Crippen LogP contribution in [0.5, 0.6) is 0 Å². The molecule has 3 aromatic rings. The van der Waals surface area contributed by atoms with Crippen molar-refractivity contribution in [2.75, 3.05) is 25.0 Å². The molecule has 1 atom stereocenters. The normalized spacial score (nSPS) is 17.5. The van der Waals surface area contributed by atoms with Gasteiger partial charge in [-0.25, -0.2) is 4.98 Å². The van der Waals surface area contributed by atoms with Crippen LogP contribution in [-0.4, -0.2) is 36.7 Å². The zero-order chi connectivity index (χ0) is 17.1. The summed E-state index contributed by atoms with van der Waals surface area (Å²) in [4.78, 5) is 16.8. The number of hydrogen-bond acceptors (Lipinski definition) is 5. The molecule has 1 aliphatic heterocycles. The number of fused-ring (bicyclic) bond motifs is 1. The predicted molar refractivity (Wildman–Crippen MR) is 100 cm³/mol. The van der Waals surface area contributed by atoms with Crippen molar-refractivity contribution in [3.63, 3.8) is 0 Å². The highest BCUT2D eigenvalue weighted by Crippen LogP contribution is 2.24. The van der Waals surface area contributed by atoms with Crippen LogP contribution in [0.2, 0.25) is 0 Å². The molecule has 2 N–H and O–H groups in total. The lowest BCUT2D eigenvalue weighted by atomic mass is 10.1. The first-order valence-electron chi connectivity index (χ1n) is 8.34. The van der Waals surface area contributed by atoms with Gasteiger partial charge >= 0.3 is 0 Å². The van der Waals surface area contributed by atoms with Crippen molar-refractivity contribution in [1.29, 1.82) is 0 Å². The van der Waals surface area contributed by atoms with Gasteiger partial charge in [0.2, 0.25) is 0 Å². The fourth-order valence-corrected chi connectivity index (χ4v) is 3.83. The zero-order valence-electron chi connectivity index (χ0n) is 13.7. The highest BCUT2D eigenvalue weighted by molar-refractivity contribution is 7.18. The number of para-hydroxylation sites is 1. The van der Waals surface area contributed by atoms with Gasteiger partial charge in [-0.1, -0.05) is 24.3 Å². The second-order valence-electron chi connectivity index (χ2n) is 6.00. The quantitative estimate of drug-likeness (QED) is 0.757. The fraction of sp³-hybridized carbons (Fsp3) is 0.263. The fourth-order valence-electron chi connectivity index (χ4n) is 2.83. The molecular weight excluding hydrogens is 334 g/mol. The number of amides is 1. The van der Waals surface area contributed by atoms with E-state index in [-0.39, 0.29) is 5.91 Å². The van der Waals surface area contributed by atoms with Gasteiger partial charge in [-0.05, 0) is 29.8 Å². The lowest BCUT2D eigenvalue weighted by Gasteiger charge is -2.22. The summed E-state index contributed by atoms with van der Waals surface area (Å²) >= 11 is 1.72.